The van der Waals surface area contributed by atoms with Gasteiger partial charge in [0.1, 0.15) is 11.9 Å². The van der Waals surface area contributed by atoms with Crippen LogP contribution in [-0.4, -0.2) is 56.9 Å². The predicted octanol–water partition coefficient (Wildman–Crippen LogP) is 1.78. The number of piperidine rings is 1. The monoisotopic (exact) mass is 410 g/mol. The Labute approximate surface area is 165 Å². The van der Waals surface area contributed by atoms with Crippen molar-refractivity contribution >= 4 is 27.6 Å². The maximum Gasteiger partial charge on any atom is 0.310 e. The number of amides is 1. The van der Waals surface area contributed by atoms with E-state index < -0.39 is 15.9 Å². The number of carbonyl (C=O) groups is 2. The normalized spacial score (nSPS) is 22.9. The third-order valence-corrected chi connectivity index (χ3v) is 6.87. The van der Waals surface area contributed by atoms with Crippen LogP contribution in [0.4, 0.5) is 5.69 Å². The van der Waals surface area contributed by atoms with Crippen LogP contribution in [0.15, 0.2) is 23.1 Å². The molecule has 1 fully saturated rings. The Morgan fingerprint density at radius 1 is 1.29 bits per heavy atom. The van der Waals surface area contributed by atoms with E-state index in [1.54, 1.807) is 13.0 Å². The summed E-state index contributed by atoms with van der Waals surface area (Å²) < 4.78 is 38.5. The molecule has 0 aromatic heterocycles. The second-order valence-electron chi connectivity index (χ2n) is 7.14. The van der Waals surface area contributed by atoms with E-state index in [0.29, 0.717) is 37.4 Å². The second-order valence-corrected chi connectivity index (χ2v) is 9.08. The highest BCUT2D eigenvalue weighted by Crippen LogP contribution is 2.36. The first-order valence-electron chi connectivity index (χ1n) is 9.49. The maximum atomic E-state index is 13.2. The third kappa shape index (κ3) is 4.00. The van der Waals surface area contributed by atoms with Gasteiger partial charge in [-0.1, -0.05) is 0 Å². The van der Waals surface area contributed by atoms with Gasteiger partial charge in [-0.15, -0.1) is 0 Å². The van der Waals surface area contributed by atoms with Crippen LogP contribution in [0, 0.1) is 5.92 Å². The molecule has 1 amide bonds. The average molecular weight is 410 g/mol. The van der Waals surface area contributed by atoms with E-state index in [4.69, 9.17) is 9.47 Å². The van der Waals surface area contributed by atoms with Gasteiger partial charge in [0.05, 0.1) is 29.7 Å². The minimum absolute atomic E-state index is 0.0835. The molecular weight excluding hydrogens is 384 g/mol. The molecule has 3 rings (SSSR count). The molecule has 0 radical (unpaired) electrons. The van der Waals surface area contributed by atoms with Gasteiger partial charge < -0.3 is 14.4 Å². The van der Waals surface area contributed by atoms with Gasteiger partial charge in [0.25, 0.3) is 0 Å². The Morgan fingerprint density at radius 2 is 2.04 bits per heavy atom. The predicted molar refractivity (Wildman–Crippen MR) is 103 cm³/mol. The standard InChI is InChI=1S/C19H26N2O6S/c1-4-26-19(23)15-6-5-9-20(12-15)28(24,25)16-7-8-18-17(10-16)21(14(3)22)11-13(2)27-18/h7-8,10,13,15H,4-6,9,11-12H2,1-3H3. The quantitative estimate of drug-likeness (QED) is 0.703. The summed E-state index contributed by atoms with van der Waals surface area (Å²) in [5.41, 5.74) is 0.450. The smallest absolute Gasteiger partial charge is 0.310 e. The molecule has 2 heterocycles. The van der Waals surface area contributed by atoms with Crippen molar-refractivity contribution < 1.29 is 27.5 Å². The van der Waals surface area contributed by atoms with E-state index in [9.17, 15) is 18.0 Å². The number of rotatable bonds is 4. The number of benzene rings is 1. The lowest BCUT2D eigenvalue weighted by Crippen LogP contribution is -2.43. The lowest BCUT2D eigenvalue weighted by Gasteiger charge is -2.34. The molecule has 1 aromatic carbocycles. The maximum absolute atomic E-state index is 13.2. The molecule has 1 saturated heterocycles. The lowest BCUT2D eigenvalue weighted by atomic mass is 10.0. The van der Waals surface area contributed by atoms with Crippen LogP contribution < -0.4 is 9.64 Å². The summed E-state index contributed by atoms with van der Waals surface area (Å²) in [6.07, 6.45) is 1.03. The Morgan fingerprint density at radius 3 is 2.71 bits per heavy atom. The van der Waals surface area contributed by atoms with E-state index in [0.717, 1.165) is 0 Å². The van der Waals surface area contributed by atoms with Crippen LogP contribution in [-0.2, 0) is 24.3 Å². The molecule has 2 unspecified atom stereocenters. The average Bonchev–Trinajstić information content (AvgIpc) is 2.67. The first kappa shape index (κ1) is 20.6. The Kier molecular flexibility index (Phi) is 5.95. The van der Waals surface area contributed by atoms with Gasteiger partial charge in [0.15, 0.2) is 0 Å². The minimum atomic E-state index is -3.81. The molecule has 0 bridgehead atoms. The van der Waals surface area contributed by atoms with Crippen LogP contribution in [0.25, 0.3) is 0 Å². The van der Waals surface area contributed by atoms with Crippen molar-refractivity contribution in [3.8, 4) is 5.75 Å². The Balaban J connectivity index is 1.89. The van der Waals surface area contributed by atoms with Crippen molar-refractivity contribution in [1.82, 2.24) is 4.31 Å². The van der Waals surface area contributed by atoms with Crippen molar-refractivity contribution in [3.05, 3.63) is 18.2 Å². The van der Waals surface area contributed by atoms with Crippen molar-refractivity contribution in [2.45, 2.75) is 44.6 Å². The third-order valence-electron chi connectivity index (χ3n) is 5.01. The molecule has 1 aromatic rings. The van der Waals surface area contributed by atoms with Crippen molar-refractivity contribution in [3.63, 3.8) is 0 Å². The van der Waals surface area contributed by atoms with Gasteiger partial charge >= 0.3 is 5.97 Å². The molecule has 0 N–H and O–H groups in total. The summed E-state index contributed by atoms with van der Waals surface area (Å²) in [6.45, 7) is 6.10. The number of carbonyl (C=O) groups excluding carboxylic acids is 2. The number of nitrogens with zero attached hydrogens (tertiary/aromatic N) is 2. The molecule has 0 spiro atoms. The zero-order valence-electron chi connectivity index (χ0n) is 16.4. The van der Waals surface area contributed by atoms with E-state index in [1.807, 2.05) is 6.92 Å². The first-order valence-corrected chi connectivity index (χ1v) is 10.9. The van der Waals surface area contributed by atoms with Crippen LogP contribution in [0.3, 0.4) is 0 Å². The van der Waals surface area contributed by atoms with Gasteiger partial charge in [-0.2, -0.15) is 4.31 Å². The van der Waals surface area contributed by atoms with Crippen LogP contribution in [0.5, 0.6) is 5.75 Å². The summed E-state index contributed by atoms with van der Waals surface area (Å²) in [5.74, 6) is -0.515. The highest BCUT2D eigenvalue weighted by molar-refractivity contribution is 7.89. The van der Waals surface area contributed by atoms with Crippen LogP contribution in [0.2, 0.25) is 0 Å². The van der Waals surface area contributed by atoms with E-state index in [2.05, 4.69) is 0 Å². The molecule has 9 heteroatoms. The first-order chi connectivity index (χ1) is 13.2. The topological polar surface area (TPSA) is 93.2 Å². The van der Waals surface area contributed by atoms with Crippen molar-refractivity contribution in [2.24, 2.45) is 5.92 Å². The molecule has 2 aliphatic heterocycles. The number of anilines is 1. The number of fused-ring (bicyclic) bond motifs is 1. The fraction of sp³-hybridized carbons (Fsp3) is 0.579. The molecule has 0 saturated carbocycles. The summed E-state index contributed by atoms with van der Waals surface area (Å²) in [5, 5.41) is 0. The number of sulfonamides is 1. The van der Waals surface area contributed by atoms with E-state index in [1.165, 1.54) is 28.3 Å². The number of hydrogen-bond acceptors (Lipinski definition) is 6. The van der Waals surface area contributed by atoms with Crippen LogP contribution in [0.1, 0.15) is 33.6 Å². The van der Waals surface area contributed by atoms with Gasteiger partial charge in [0.2, 0.25) is 15.9 Å². The summed E-state index contributed by atoms with van der Waals surface area (Å²) >= 11 is 0. The number of esters is 1. The molecular formula is C19H26N2O6S. The van der Waals surface area contributed by atoms with Gasteiger partial charge in [-0.05, 0) is 44.9 Å². The van der Waals surface area contributed by atoms with Gasteiger partial charge in [0, 0.05) is 20.0 Å². The summed E-state index contributed by atoms with van der Waals surface area (Å²) in [6, 6.07) is 4.55. The van der Waals surface area contributed by atoms with Gasteiger partial charge in [-0.3, -0.25) is 9.59 Å². The molecule has 28 heavy (non-hydrogen) atoms. The van der Waals surface area contributed by atoms with E-state index in [-0.39, 0.29) is 36.0 Å². The fourth-order valence-corrected chi connectivity index (χ4v) is 5.18. The second kappa shape index (κ2) is 8.08. The summed E-state index contributed by atoms with van der Waals surface area (Å²) in [7, 11) is -3.81. The number of ether oxygens (including phenoxy) is 2. The highest BCUT2D eigenvalue weighted by atomic mass is 32.2. The van der Waals surface area contributed by atoms with Gasteiger partial charge in [-0.25, -0.2) is 8.42 Å². The SMILES string of the molecule is CCOC(=O)C1CCCN(S(=O)(=O)c2ccc3c(c2)N(C(C)=O)CC(C)O3)C1. The largest absolute Gasteiger partial charge is 0.487 e. The summed E-state index contributed by atoms with van der Waals surface area (Å²) in [4.78, 5) is 25.7. The zero-order chi connectivity index (χ0) is 20.5. The molecule has 0 aliphatic carbocycles. The molecule has 2 aliphatic rings. The zero-order valence-corrected chi connectivity index (χ0v) is 17.2. The molecule has 2 atom stereocenters. The van der Waals surface area contributed by atoms with Crippen LogP contribution >= 0.6 is 0 Å². The molecule has 8 nitrogen and oxygen atoms in total. The van der Waals surface area contributed by atoms with E-state index >= 15 is 0 Å². The Bertz CT molecular complexity index is 869. The number of hydrogen-bond donors (Lipinski definition) is 0. The molecule has 154 valence electrons. The van der Waals surface area contributed by atoms with Crippen molar-refractivity contribution in [2.75, 3.05) is 31.1 Å². The highest BCUT2D eigenvalue weighted by Gasteiger charge is 2.35. The minimum Gasteiger partial charge on any atom is -0.487 e. The Hall–Kier alpha value is -2.13. The van der Waals surface area contributed by atoms with Crippen molar-refractivity contribution in [1.29, 1.82) is 0 Å². The fourth-order valence-electron chi connectivity index (χ4n) is 3.64. The lowest BCUT2D eigenvalue weighted by molar-refractivity contribution is -0.149.